The van der Waals surface area contributed by atoms with Gasteiger partial charge in [0.1, 0.15) is 0 Å². The zero-order chi connectivity index (χ0) is 19.4. The van der Waals surface area contributed by atoms with Gasteiger partial charge in [0.2, 0.25) is 10.0 Å². The van der Waals surface area contributed by atoms with Crippen molar-refractivity contribution in [2.45, 2.75) is 4.90 Å². The predicted molar refractivity (Wildman–Crippen MR) is 97.1 cm³/mol. The van der Waals surface area contributed by atoms with Crippen molar-refractivity contribution in [1.29, 1.82) is 0 Å². The summed E-state index contributed by atoms with van der Waals surface area (Å²) in [6, 6.07) is 11.1. The van der Waals surface area contributed by atoms with Crippen LogP contribution in [0.3, 0.4) is 0 Å². The molecule has 142 valence electrons. The van der Waals surface area contributed by atoms with Gasteiger partial charge in [-0.2, -0.15) is 4.31 Å². The highest BCUT2D eigenvalue weighted by Crippen LogP contribution is 2.20. The molecule has 1 saturated heterocycles. The number of sulfonamides is 1. The number of ether oxygens (including phenoxy) is 1. The molecule has 1 amide bonds. The number of hydrogen-bond acceptors (Lipinski definition) is 6. The number of rotatable bonds is 5. The minimum Gasteiger partial charge on any atom is -0.379 e. The topological polar surface area (TPSA) is 119 Å². The molecule has 1 fully saturated rings. The monoisotopic (exact) mass is 391 g/mol. The van der Waals surface area contributed by atoms with Crippen molar-refractivity contribution in [2.75, 3.05) is 31.6 Å². The summed E-state index contributed by atoms with van der Waals surface area (Å²) >= 11 is 0. The number of carbonyl (C=O) groups is 1. The van der Waals surface area contributed by atoms with Gasteiger partial charge in [-0.05, 0) is 30.3 Å². The maximum absolute atomic E-state index is 12.7. The number of non-ortho nitro benzene ring substituents is 1. The zero-order valence-electron chi connectivity index (χ0n) is 14.2. The third-order valence-electron chi connectivity index (χ3n) is 4.04. The number of benzene rings is 2. The van der Waals surface area contributed by atoms with Gasteiger partial charge < -0.3 is 10.1 Å². The molecule has 2 aromatic rings. The summed E-state index contributed by atoms with van der Waals surface area (Å²) < 4.78 is 31.9. The third-order valence-corrected chi connectivity index (χ3v) is 5.93. The van der Waals surface area contributed by atoms with Crippen molar-refractivity contribution >= 4 is 27.3 Å². The average Bonchev–Trinajstić information content (AvgIpc) is 2.69. The average molecular weight is 391 g/mol. The first kappa shape index (κ1) is 19.0. The fourth-order valence-corrected chi connectivity index (χ4v) is 4.06. The normalized spacial score (nSPS) is 15.3. The molecule has 9 nitrogen and oxygen atoms in total. The van der Waals surface area contributed by atoms with Gasteiger partial charge in [-0.3, -0.25) is 14.9 Å². The van der Waals surface area contributed by atoms with E-state index >= 15 is 0 Å². The second-order valence-electron chi connectivity index (χ2n) is 5.80. The highest BCUT2D eigenvalue weighted by atomic mass is 32.2. The van der Waals surface area contributed by atoms with Gasteiger partial charge in [0.25, 0.3) is 11.6 Å². The van der Waals surface area contributed by atoms with Gasteiger partial charge in [0.15, 0.2) is 0 Å². The van der Waals surface area contributed by atoms with Crippen molar-refractivity contribution < 1.29 is 22.9 Å². The summed E-state index contributed by atoms with van der Waals surface area (Å²) in [4.78, 5) is 22.6. The molecule has 0 saturated carbocycles. The summed E-state index contributed by atoms with van der Waals surface area (Å²) in [5.74, 6) is -0.511. The van der Waals surface area contributed by atoms with Crippen LogP contribution >= 0.6 is 0 Å². The first-order valence-corrected chi connectivity index (χ1v) is 9.56. The van der Waals surface area contributed by atoms with Gasteiger partial charge in [-0.15, -0.1) is 0 Å². The lowest BCUT2D eigenvalue weighted by molar-refractivity contribution is -0.384. The number of nitro groups is 1. The number of morpholine rings is 1. The van der Waals surface area contributed by atoms with Crippen LogP contribution in [0.15, 0.2) is 53.4 Å². The Morgan fingerprint density at radius 3 is 2.41 bits per heavy atom. The molecule has 1 aliphatic rings. The van der Waals surface area contributed by atoms with E-state index in [0.717, 1.165) is 0 Å². The second-order valence-corrected chi connectivity index (χ2v) is 7.74. The molecular weight excluding hydrogens is 374 g/mol. The van der Waals surface area contributed by atoms with E-state index in [1.807, 2.05) is 0 Å². The molecule has 0 radical (unpaired) electrons. The Morgan fingerprint density at radius 2 is 1.78 bits per heavy atom. The summed E-state index contributed by atoms with van der Waals surface area (Å²) in [5, 5.41) is 13.3. The Balaban J connectivity index is 1.78. The van der Waals surface area contributed by atoms with Gasteiger partial charge in [0.05, 0.1) is 23.0 Å². The van der Waals surface area contributed by atoms with Crippen LogP contribution in [0.1, 0.15) is 10.4 Å². The van der Waals surface area contributed by atoms with E-state index in [2.05, 4.69) is 5.32 Å². The van der Waals surface area contributed by atoms with E-state index in [1.165, 1.54) is 52.8 Å². The van der Waals surface area contributed by atoms with Crippen LogP contribution in [0.4, 0.5) is 11.4 Å². The molecule has 0 unspecified atom stereocenters. The maximum atomic E-state index is 12.7. The molecule has 1 heterocycles. The van der Waals surface area contributed by atoms with Crippen molar-refractivity contribution in [3.05, 3.63) is 64.2 Å². The number of anilines is 1. The highest BCUT2D eigenvalue weighted by Gasteiger charge is 2.26. The Morgan fingerprint density at radius 1 is 1.11 bits per heavy atom. The molecular formula is C17H17N3O6S. The van der Waals surface area contributed by atoms with E-state index in [0.29, 0.717) is 18.9 Å². The first-order valence-electron chi connectivity index (χ1n) is 8.12. The molecule has 1 N–H and O–H groups in total. The van der Waals surface area contributed by atoms with Gasteiger partial charge >= 0.3 is 0 Å². The maximum Gasteiger partial charge on any atom is 0.269 e. The number of nitro benzene ring substituents is 1. The van der Waals surface area contributed by atoms with Crippen molar-refractivity contribution in [3.63, 3.8) is 0 Å². The fourth-order valence-electron chi connectivity index (χ4n) is 2.60. The second kappa shape index (κ2) is 7.82. The summed E-state index contributed by atoms with van der Waals surface area (Å²) in [6.45, 7) is 1.20. The molecule has 0 atom stereocenters. The smallest absolute Gasteiger partial charge is 0.269 e. The van der Waals surface area contributed by atoms with E-state index in [4.69, 9.17) is 4.74 Å². The molecule has 0 bridgehead atoms. The molecule has 1 aliphatic heterocycles. The minimum atomic E-state index is -3.71. The summed E-state index contributed by atoms with van der Waals surface area (Å²) in [6.07, 6.45) is 0. The van der Waals surface area contributed by atoms with Crippen LogP contribution in [0, 0.1) is 10.1 Å². The SMILES string of the molecule is O=C(Nc1ccc([N+](=O)[O-])cc1)c1cccc(S(=O)(=O)N2CCOCC2)c1. The van der Waals surface area contributed by atoms with Crippen molar-refractivity contribution in [3.8, 4) is 0 Å². The molecule has 2 aromatic carbocycles. The summed E-state index contributed by atoms with van der Waals surface area (Å²) in [5.41, 5.74) is 0.446. The lowest BCUT2D eigenvalue weighted by Crippen LogP contribution is -2.40. The third kappa shape index (κ3) is 4.30. The number of carbonyl (C=O) groups excluding carboxylic acids is 1. The molecule has 0 spiro atoms. The van der Waals surface area contributed by atoms with Crippen LogP contribution in [-0.2, 0) is 14.8 Å². The fraction of sp³-hybridized carbons (Fsp3) is 0.235. The van der Waals surface area contributed by atoms with E-state index in [9.17, 15) is 23.3 Å². The zero-order valence-corrected chi connectivity index (χ0v) is 15.0. The Bertz CT molecular complexity index is 953. The van der Waals surface area contributed by atoms with Gasteiger partial charge in [-0.1, -0.05) is 6.07 Å². The predicted octanol–water partition coefficient (Wildman–Crippen LogP) is 1.87. The van der Waals surface area contributed by atoms with E-state index in [-0.39, 0.29) is 29.2 Å². The Kier molecular flexibility index (Phi) is 5.49. The Hall–Kier alpha value is -2.82. The molecule has 27 heavy (non-hydrogen) atoms. The molecule has 0 aromatic heterocycles. The number of nitrogens with zero attached hydrogens (tertiary/aromatic N) is 2. The number of hydrogen-bond donors (Lipinski definition) is 1. The lowest BCUT2D eigenvalue weighted by atomic mass is 10.2. The largest absolute Gasteiger partial charge is 0.379 e. The van der Waals surface area contributed by atoms with Gasteiger partial charge in [-0.25, -0.2) is 8.42 Å². The lowest BCUT2D eigenvalue weighted by Gasteiger charge is -2.26. The van der Waals surface area contributed by atoms with Crippen molar-refractivity contribution in [2.24, 2.45) is 0 Å². The van der Waals surface area contributed by atoms with Crippen LogP contribution in [0.5, 0.6) is 0 Å². The quantitative estimate of drug-likeness (QED) is 0.614. The first-order chi connectivity index (χ1) is 12.9. The molecule has 10 heteroatoms. The van der Waals surface area contributed by atoms with Crippen LogP contribution in [-0.4, -0.2) is 49.9 Å². The van der Waals surface area contributed by atoms with Gasteiger partial charge in [0, 0.05) is 36.5 Å². The molecule has 3 rings (SSSR count). The van der Waals surface area contributed by atoms with Crippen LogP contribution < -0.4 is 5.32 Å². The highest BCUT2D eigenvalue weighted by molar-refractivity contribution is 7.89. The number of nitrogens with one attached hydrogen (secondary N) is 1. The summed E-state index contributed by atoms with van der Waals surface area (Å²) in [7, 11) is -3.71. The standard InChI is InChI=1S/C17H17N3O6S/c21-17(18-14-4-6-15(7-5-14)20(22)23)13-2-1-3-16(12-13)27(24,25)19-8-10-26-11-9-19/h1-7,12H,8-11H2,(H,18,21). The minimum absolute atomic E-state index is 0.0285. The molecule has 0 aliphatic carbocycles. The Labute approximate surface area is 155 Å². The number of amides is 1. The van der Waals surface area contributed by atoms with E-state index in [1.54, 1.807) is 0 Å². The van der Waals surface area contributed by atoms with Crippen molar-refractivity contribution in [1.82, 2.24) is 4.31 Å². The van der Waals surface area contributed by atoms with Crippen LogP contribution in [0.2, 0.25) is 0 Å². The van der Waals surface area contributed by atoms with Crippen LogP contribution in [0.25, 0.3) is 0 Å². The van der Waals surface area contributed by atoms with E-state index < -0.39 is 20.9 Å².